The zero-order valence-electron chi connectivity index (χ0n) is 11.2. The molecule has 1 unspecified atom stereocenters. The quantitative estimate of drug-likeness (QED) is 0.769. The van der Waals surface area contributed by atoms with Crippen LogP contribution in [-0.4, -0.2) is 37.9 Å². The Morgan fingerprint density at radius 1 is 1.33 bits per heavy atom. The van der Waals surface area contributed by atoms with Gasteiger partial charge in [-0.2, -0.15) is 0 Å². The maximum atomic E-state index is 12.1. The first-order chi connectivity index (χ1) is 8.23. The Morgan fingerprint density at radius 2 is 1.89 bits per heavy atom. The topological polar surface area (TPSA) is 89.3 Å². The van der Waals surface area contributed by atoms with Crippen molar-refractivity contribution in [2.45, 2.75) is 57.0 Å². The van der Waals surface area contributed by atoms with Gasteiger partial charge in [-0.05, 0) is 26.2 Å². The van der Waals surface area contributed by atoms with Crippen molar-refractivity contribution in [1.29, 1.82) is 0 Å². The van der Waals surface area contributed by atoms with Crippen LogP contribution >= 0.6 is 0 Å². The van der Waals surface area contributed by atoms with E-state index in [2.05, 4.69) is 5.32 Å². The largest absolute Gasteiger partial charge is 0.352 e. The summed E-state index contributed by atoms with van der Waals surface area (Å²) in [6, 6.07) is -0.158. The van der Waals surface area contributed by atoms with Gasteiger partial charge >= 0.3 is 0 Å². The lowest BCUT2D eigenvalue weighted by atomic mass is 9.82. The molecule has 0 aromatic heterocycles. The molecule has 1 amide bonds. The molecule has 6 heteroatoms. The van der Waals surface area contributed by atoms with Crippen LogP contribution < -0.4 is 11.1 Å². The van der Waals surface area contributed by atoms with Gasteiger partial charge in [-0.1, -0.05) is 19.3 Å². The molecule has 0 bridgehead atoms. The maximum absolute atomic E-state index is 12.1. The van der Waals surface area contributed by atoms with Crippen LogP contribution in [0, 0.1) is 0 Å². The summed E-state index contributed by atoms with van der Waals surface area (Å²) in [4.78, 5) is 12.1. The number of sulfone groups is 1. The first-order valence-electron chi connectivity index (χ1n) is 6.50. The predicted octanol–water partition coefficient (Wildman–Crippen LogP) is 0.587. The minimum Gasteiger partial charge on any atom is -0.352 e. The maximum Gasteiger partial charge on any atom is 0.240 e. The van der Waals surface area contributed by atoms with Crippen molar-refractivity contribution in [3.05, 3.63) is 0 Å². The molecule has 3 N–H and O–H groups in total. The summed E-state index contributed by atoms with van der Waals surface area (Å²) in [6.07, 6.45) is 6.18. The number of amides is 1. The summed E-state index contributed by atoms with van der Waals surface area (Å²) >= 11 is 0. The molecule has 0 saturated heterocycles. The fraction of sp³-hybridized carbons (Fsp3) is 0.917. The zero-order valence-corrected chi connectivity index (χ0v) is 12.1. The van der Waals surface area contributed by atoms with Gasteiger partial charge in [0.2, 0.25) is 5.91 Å². The molecule has 1 aliphatic carbocycles. The second-order valence-electron chi connectivity index (χ2n) is 5.51. The fourth-order valence-corrected chi connectivity index (χ4v) is 3.02. The van der Waals surface area contributed by atoms with E-state index in [1.807, 2.05) is 6.92 Å². The lowest BCUT2D eigenvalue weighted by Gasteiger charge is -2.33. The van der Waals surface area contributed by atoms with Gasteiger partial charge in [0.15, 0.2) is 0 Å². The van der Waals surface area contributed by atoms with Crippen LogP contribution in [-0.2, 0) is 14.6 Å². The number of carbonyl (C=O) groups excluding carboxylic acids is 1. The summed E-state index contributed by atoms with van der Waals surface area (Å²) in [5, 5.41) is 2.83. The minimum absolute atomic E-state index is 0.0893. The molecule has 0 heterocycles. The van der Waals surface area contributed by atoms with E-state index in [-0.39, 0.29) is 17.7 Å². The van der Waals surface area contributed by atoms with Crippen LogP contribution in [0.2, 0.25) is 0 Å². The average molecular weight is 276 g/mol. The lowest BCUT2D eigenvalue weighted by Crippen LogP contribution is -2.56. The highest BCUT2D eigenvalue weighted by molar-refractivity contribution is 7.90. The molecule has 106 valence electrons. The molecule has 0 radical (unpaired) electrons. The first-order valence-corrected chi connectivity index (χ1v) is 8.56. The molecular weight excluding hydrogens is 252 g/mol. The Hall–Kier alpha value is -0.620. The molecule has 1 aliphatic rings. The third-order valence-corrected chi connectivity index (χ3v) is 4.47. The van der Waals surface area contributed by atoms with Crippen LogP contribution in [0.4, 0.5) is 0 Å². The normalized spacial score (nSPS) is 21.3. The third kappa shape index (κ3) is 4.94. The summed E-state index contributed by atoms with van der Waals surface area (Å²) in [5.41, 5.74) is 5.35. The van der Waals surface area contributed by atoms with Crippen molar-refractivity contribution >= 4 is 15.7 Å². The van der Waals surface area contributed by atoms with E-state index in [0.29, 0.717) is 6.42 Å². The third-order valence-electron chi connectivity index (χ3n) is 3.50. The molecule has 1 atom stereocenters. The minimum atomic E-state index is -2.98. The van der Waals surface area contributed by atoms with Crippen molar-refractivity contribution < 1.29 is 13.2 Å². The van der Waals surface area contributed by atoms with Crippen LogP contribution in [0.3, 0.4) is 0 Å². The second-order valence-corrected chi connectivity index (χ2v) is 7.77. The Bertz CT molecular complexity index is 386. The Morgan fingerprint density at radius 3 is 2.39 bits per heavy atom. The number of nitrogens with one attached hydrogen (secondary N) is 1. The van der Waals surface area contributed by atoms with E-state index < -0.39 is 15.4 Å². The second kappa shape index (κ2) is 6.02. The lowest BCUT2D eigenvalue weighted by molar-refractivity contribution is -0.128. The van der Waals surface area contributed by atoms with Crippen molar-refractivity contribution in [1.82, 2.24) is 5.32 Å². The molecule has 1 rings (SSSR count). The van der Waals surface area contributed by atoms with E-state index >= 15 is 0 Å². The van der Waals surface area contributed by atoms with Crippen molar-refractivity contribution in [3.8, 4) is 0 Å². The van der Waals surface area contributed by atoms with Crippen LogP contribution in [0.25, 0.3) is 0 Å². The summed E-state index contributed by atoms with van der Waals surface area (Å²) < 4.78 is 22.1. The van der Waals surface area contributed by atoms with E-state index in [0.717, 1.165) is 32.1 Å². The van der Waals surface area contributed by atoms with Gasteiger partial charge in [-0.25, -0.2) is 8.42 Å². The highest BCUT2D eigenvalue weighted by Crippen LogP contribution is 2.26. The van der Waals surface area contributed by atoms with E-state index in [4.69, 9.17) is 5.73 Å². The fourth-order valence-electron chi connectivity index (χ4n) is 2.24. The number of carbonyl (C=O) groups is 1. The molecule has 1 fully saturated rings. The smallest absolute Gasteiger partial charge is 0.240 e. The average Bonchev–Trinajstić information content (AvgIpc) is 2.26. The monoisotopic (exact) mass is 276 g/mol. The van der Waals surface area contributed by atoms with Crippen molar-refractivity contribution in [2.24, 2.45) is 5.73 Å². The van der Waals surface area contributed by atoms with Crippen molar-refractivity contribution in [3.63, 3.8) is 0 Å². The van der Waals surface area contributed by atoms with Gasteiger partial charge in [0, 0.05) is 12.3 Å². The van der Waals surface area contributed by atoms with Crippen LogP contribution in [0.1, 0.15) is 45.4 Å². The van der Waals surface area contributed by atoms with Gasteiger partial charge in [0.25, 0.3) is 0 Å². The van der Waals surface area contributed by atoms with Gasteiger partial charge < -0.3 is 11.1 Å². The number of hydrogen-bond donors (Lipinski definition) is 2. The van der Waals surface area contributed by atoms with E-state index in [1.165, 1.54) is 6.26 Å². The zero-order chi connectivity index (χ0) is 13.8. The van der Waals surface area contributed by atoms with E-state index in [1.54, 1.807) is 0 Å². The van der Waals surface area contributed by atoms with Crippen molar-refractivity contribution in [2.75, 3.05) is 12.0 Å². The molecule has 5 nitrogen and oxygen atoms in total. The highest BCUT2D eigenvalue weighted by Gasteiger charge is 2.35. The Labute approximate surface area is 109 Å². The van der Waals surface area contributed by atoms with Gasteiger partial charge in [0.05, 0.1) is 11.3 Å². The highest BCUT2D eigenvalue weighted by atomic mass is 32.2. The summed E-state index contributed by atoms with van der Waals surface area (Å²) in [5.74, 6) is -0.0466. The van der Waals surface area contributed by atoms with Crippen LogP contribution in [0.5, 0.6) is 0 Å². The molecule has 1 saturated carbocycles. The van der Waals surface area contributed by atoms with Gasteiger partial charge in [0.1, 0.15) is 9.84 Å². The standard InChI is InChI=1S/C12H24N2O3S/c1-10(6-9-18(2,16)17)14-11(15)12(13)7-4-3-5-8-12/h10H,3-9,13H2,1-2H3,(H,14,15). The van der Waals surface area contributed by atoms with E-state index in [9.17, 15) is 13.2 Å². The number of nitrogens with two attached hydrogens (primary N) is 1. The van der Waals surface area contributed by atoms with Gasteiger partial charge in [-0.3, -0.25) is 4.79 Å². The first kappa shape index (κ1) is 15.4. The molecule has 0 spiro atoms. The summed E-state index contributed by atoms with van der Waals surface area (Å²) in [6.45, 7) is 1.81. The molecular formula is C12H24N2O3S. The number of rotatable bonds is 5. The summed E-state index contributed by atoms with van der Waals surface area (Å²) in [7, 11) is -2.98. The SMILES string of the molecule is CC(CCS(C)(=O)=O)NC(=O)C1(N)CCCCC1. The molecule has 0 aromatic rings. The molecule has 0 aliphatic heterocycles. The molecule has 18 heavy (non-hydrogen) atoms. The Kier molecular flexibility index (Phi) is 5.16. The Balaban J connectivity index is 2.43. The van der Waals surface area contributed by atoms with Gasteiger partial charge in [-0.15, -0.1) is 0 Å². The molecule has 0 aromatic carbocycles. The number of hydrogen-bond acceptors (Lipinski definition) is 4. The predicted molar refractivity (Wildman–Crippen MR) is 71.9 cm³/mol. The van der Waals surface area contributed by atoms with Crippen LogP contribution in [0.15, 0.2) is 0 Å².